The highest BCUT2D eigenvalue weighted by Crippen LogP contribution is 2.29. The summed E-state index contributed by atoms with van der Waals surface area (Å²) in [5, 5.41) is 4.47. The van der Waals surface area contributed by atoms with Gasteiger partial charge >= 0.3 is 5.69 Å². The number of ether oxygens (including phenoxy) is 2. The minimum atomic E-state index is -0.326. The molecule has 0 radical (unpaired) electrons. The fraction of sp³-hybridized carbons (Fsp3) is 0.588. The van der Waals surface area contributed by atoms with Crippen molar-refractivity contribution in [1.29, 1.82) is 0 Å². The van der Waals surface area contributed by atoms with Gasteiger partial charge in [-0.05, 0) is 24.7 Å². The van der Waals surface area contributed by atoms with E-state index in [1.54, 1.807) is 18.8 Å². The van der Waals surface area contributed by atoms with Crippen LogP contribution in [0.1, 0.15) is 10.4 Å². The van der Waals surface area contributed by atoms with E-state index in [1.165, 1.54) is 15.9 Å². The maximum absolute atomic E-state index is 13.0. The minimum absolute atomic E-state index is 0.224. The molecule has 0 spiro atoms. The number of hydrogen-bond donors (Lipinski definition) is 1. The lowest BCUT2D eigenvalue weighted by atomic mass is 10.2. The van der Waals surface area contributed by atoms with Gasteiger partial charge in [-0.15, -0.1) is 11.3 Å². The number of aryl methyl sites for hydroxylation is 1. The van der Waals surface area contributed by atoms with Gasteiger partial charge in [0.1, 0.15) is 4.83 Å². The van der Waals surface area contributed by atoms with Crippen LogP contribution >= 0.6 is 23.6 Å². The zero-order valence-electron chi connectivity index (χ0n) is 15.7. The van der Waals surface area contributed by atoms with Crippen LogP contribution in [0.4, 0.5) is 0 Å². The Hall–Kier alpha value is -1.75. The Balaban J connectivity index is 2.14. The molecule has 1 N–H and O–H groups in total. The van der Waals surface area contributed by atoms with Crippen molar-refractivity contribution in [2.24, 2.45) is 0 Å². The topological polar surface area (TPSA) is 77.7 Å². The van der Waals surface area contributed by atoms with Gasteiger partial charge < -0.3 is 19.7 Å². The van der Waals surface area contributed by atoms with Crippen molar-refractivity contribution in [3.05, 3.63) is 31.3 Å². The molecule has 8 nitrogen and oxygen atoms in total. The van der Waals surface area contributed by atoms with Gasteiger partial charge in [0.15, 0.2) is 5.11 Å². The van der Waals surface area contributed by atoms with Crippen LogP contribution in [0.5, 0.6) is 0 Å². The maximum Gasteiger partial charge on any atom is 0.332 e. The van der Waals surface area contributed by atoms with Gasteiger partial charge in [0, 0.05) is 32.2 Å². The van der Waals surface area contributed by atoms with E-state index in [0.29, 0.717) is 36.5 Å². The molecule has 0 aliphatic carbocycles. The van der Waals surface area contributed by atoms with E-state index >= 15 is 0 Å². The van der Waals surface area contributed by atoms with Crippen LogP contribution in [-0.2, 0) is 29.1 Å². The van der Waals surface area contributed by atoms with Crippen molar-refractivity contribution in [2.75, 3.05) is 40.5 Å². The first-order valence-electron chi connectivity index (χ1n) is 8.75. The summed E-state index contributed by atoms with van der Waals surface area (Å²) in [5.74, 6) is 0. The first kappa shape index (κ1) is 20.0. The van der Waals surface area contributed by atoms with Crippen molar-refractivity contribution in [2.45, 2.75) is 26.6 Å². The molecule has 27 heavy (non-hydrogen) atoms. The highest BCUT2D eigenvalue weighted by atomic mass is 32.1. The first-order chi connectivity index (χ1) is 13.0. The van der Waals surface area contributed by atoms with Crippen LogP contribution in [0.25, 0.3) is 10.2 Å². The summed E-state index contributed by atoms with van der Waals surface area (Å²) in [7, 11) is 3.14. The van der Waals surface area contributed by atoms with Gasteiger partial charge in [0.25, 0.3) is 5.56 Å². The van der Waals surface area contributed by atoms with Gasteiger partial charge in [-0.2, -0.15) is 0 Å². The Kier molecular flexibility index (Phi) is 6.30. The molecule has 0 atom stereocenters. The molecular weight excluding hydrogens is 388 g/mol. The Morgan fingerprint density at radius 3 is 2.41 bits per heavy atom. The molecule has 1 aliphatic heterocycles. The minimum Gasteiger partial charge on any atom is -0.383 e. The number of nitrogens with one attached hydrogen (secondary N) is 1. The average Bonchev–Trinajstić information content (AvgIpc) is 3.19. The van der Waals surface area contributed by atoms with Gasteiger partial charge in [-0.1, -0.05) is 0 Å². The van der Waals surface area contributed by atoms with Crippen LogP contribution in [0.3, 0.4) is 0 Å². The second-order valence-corrected chi connectivity index (χ2v) is 7.83. The number of methoxy groups -OCH3 is 2. The normalized spacial score (nSPS) is 14.3. The molecule has 0 amide bonds. The summed E-state index contributed by atoms with van der Waals surface area (Å²) in [5.41, 5.74) is 0.322. The van der Waals surface area contributed by atoms with E-state index in [4.69, 9.17) is 21.7 Å². The third kappa shape index (κ3) is 3.79. The van der Waals surface area contributed by atoms with Crippen molar-refractivity contribution in [1.82, 2.24) is 19.4 Å². The Bertz CT molecular complexity index is 962. The monoisotopic (exact) mass is 412 g/mol. The lowest BCUT2D eigenvalue weighted by Gasteiger charge is -2.15. The van der Waals surface area contributed by atoms with Gasteiger partial charge in [-0.3, -0.25) is 13.9 Å². The lowest BCUT2D eigenvalue weighted by Crippen LogP contribution is -2.41. The Labute approximate surface area is 166 Å². The molecule has 1 fully saturated rings. The van der Waals surface area contributed by atoms with Gasteiger partial charge in [0.05, 0.1) is 38.2 Å². The molecule has 0 saturated carbocycles. The van der Waals surface area contributed by atoms with Crippen molar-refractivity contribution in [3.63, 3.8) is 0 Å². The maximum atomic E-state index is 13.0. The Morgan fingerprint density at radius 1 is 1.15 bits per heavy atom. The molecule has 1 aliphatic rings. The number of aromatic nitrogens is 2. The summed E-state index contributed by atoms with van der Waals surface area (Å²) in [6, 6.07) is 0. The second kappa shape index (κ2) is 8.51. The van der Waals surface area contributed by atoms with E-state index in [1.807, 2.05) is 6.92 Å². The number of fused-ring (bicyclic) bond motifs is 1. The molecular formula is C17H24N4O4S2. The highest BCUT2D eigenvalue weighted by Gasteiger charge is 2.23. The quantitative estimate of drug-likeness (QED) is 0.633. The summed E-state index contributed by atoms with van der Waals surface area (Å²) in [6.07, 6.45) is 0. The molecule has 148 valence electrons. The molecule has 1 saturated heterocycles. The van der Waals surface area contributed by atoms with Crippen molar-refractivity contribution in [3.8, 4) is 0 Å². The van der Waals surface area contributed by atoms with Gasteiger partial charge in [0.2, 0.25) is 0 Å². The first-order valence-corrected chi connectivity index (χ1v) is 9.98. The Morgan fingerprint density at radius 2 is 1.81 bits per heavy atom. The molecule has 0 aromatic carbocycles. The standard InChI is InChI=1S/C17H24N4O4S2/c1-11-12(10-19-5-4-18-16(19)26)27-15-13(11)14(22)20(6-8-24-2)17(23)21(15)7-9-25-3/h4-10H2,1-3H3,(H,18,26). The molecule has 2 aromatic rings. The fourth-order valence-electron chi connectivity index (χ4n) is 3.19. The molecule has 10 heteroatoms. The van der Waals surface area contributed by atoms with Crippen LogP contribution in [-0.4, -0.2) is 59.7 Å². The molecule has 3 heterocycles. The summed E-state index contributed by atoms with van der Waals surface area (Å²) < 4.78 is 13.1. The third-order valence-electron chi connectivity index (χ3n) is 4.71. The summed E-state index contributed by atoms with van der Waals surface area (Å²) in [4.78, 5) is 29.8. The number of thiophene rings is 1. The average molecular weight is 413 g/mol. The molecule has 2 aromatic heterocycles. The van der Waals surface area contributed by atoms with E-state index in [2.05, 4.69) is 10.2 Å². The van der Waals surface area contributed by atoms with Gasteiger partial charge in [-0.25, -0.2) is 4.79 Å². The number of nitrogens with zero attached hydrogens (tertiary/aromatic N) is 3. The highest BCUT2D eigenvalue weighted by molar-refractivity contribution is 7.80. The predicted octanol–water partition coefficient (Wildman–Crippen LogP) is 0.516. The zero-order valence-corrected chi connectivity index (χ0v) is 17.4. The van der Waals surface area contributed by atoms with Crippen LogP contribution in [0.15, 0.2) is 9.59 Å². The van der Waals surface area contributed by atoms with Crippen LogP contribution < -0.4 is 16.6 Å². The van der Waals surface area contributed by atoms with Crippen molar-refractivity contribution >= 4 is 38.9 Å². The SMILES string of the molecule is COCCn1c(=O)c2c(C)c(CN3CCNC3=S)sc2n(CCOC)c1=O. The number of thiocarbonyl (C=S) groups is 1. The molecule has 0 bridgehead atoms. The van der Waals surface area contributed by atoms with Crippen LogP contribution in [0, 0.1) is 6.92 Å². The number of rotatable bonds is 8. The molecule has 0 unspecified atom stereocenters. The van der Waals surface area contributed by atoms with E-state index in [-0.39, 0.29) is 17.8 Å². The smallest absolute Gasteiger partial charge is 0.332 e. The van der Waals surface area contributed by atoms with E-state index in [0.717, 1.165) is 28.6 Å². The van der Waals surface area contributed by atoms with Crippen molar-refractivity contribution < 1.29 is 9.47 Å². The second-order valence-electron chi connectivity index (χ2n) is 6.36. The summed E-state index contributed by atoms with van der Waals surface area (Å²) >= 11 is 6.81. The predicted molar refractivity (Wildman–Crippen MR) is 110 cm³/mol. The fourth-order valence-corrected chi connectivity index (χ4v) is 4.78. The largest absolute Gasteiger partial charge is 0.383 e. The zero-order chi connectivity index (χ0) is 19.6. The third-order valence-corrected chi connectivity index (χ3v) is 6.41. The van der Waals surface area contributed by atoms with E-state index in [9.17, 15) is 9.59 Å². The van der Waals surface area contributed by atoms with E-state index < -0.39 is 0 Å². The lowest BCUT2D eigenvalue weighted by molar-refractivity contribution is 0.179. The summed E-state index contributed by atoms with van der Waals surface area (Å²) in [6.45, 7) is 5.54. The van der Waals surface area contributed by atoms with Crippen LogP contribution in [0.2, 0.25) is 0 Å². The molecule has 3 rings (SSSR count). The number of hydrogen-bond acceptors (Lipinski definition) is 6.